The average Bonchev–Trinajstić information content (AvgIpc) is 3.13. The third kappa shape index (κ3) is 5.84. The van der Waals surface area contributed by atoms with Gasteiger partial charge in [0.1, 0.15) is 11.6 Å². The van der Waals surface area contributed by atoms with Crippen LogP contribution in [0, 0.1) is 11.6 Å². The van der Waals surface area contributed by atoms with Crippen LogP contribution in [0.4, 0.5) is 30.8 Å². The maximum Gasteiger partial charge on any atom is 0.323 e. The summed E-state index contributed by atoms with van der Waals surface area (Å²) in [5, 5.41) is 5.05. The first kappa shape index (κ1) is 23.9. The molecular weight excluding hydrogens is 456 g/mol. The fraction of sp³-hybridized carbons (Fsp3) is 0.240. The minimum Gasteiger partial charge on any atom is -0.496 e. The van der Waals surface area contributed by atoms with E-state index < -0.39 is 17.7 Å². The minimum atomic E-state index is -1.05. The third-order valence-electron chi connectivity index (χ3n) is 5.63. The van der Waals surface area contributed by atoms with Crippen LogP contribution in [-0.4, -0.2) is 55.1 Å². The third-order valence-corrected chi connectivity index (χ3v) is 5.63. The van der Waals surface area contributed by atoms with Crippen molar-refractivity contribution in [1.29, 1.82) is 0 Å². The van der Waals surface area contributed by atoms with Crippen molar-refractivity contribution < 1.29 is 23.1 Å². The number of urea groups is 1. The van der Waals surface area contributed by atoms with Crippen LogP contribution in [0.15, 0.2) is 60.8 Å². The topological polar surface area (TPSA) is 86.8 Å². The van der Waals surface area contributed by atoms with Gasteiger partial charge in [0.2, 0.25) is 0 Å². The van der Waals surface area contributed by atoms with E-state index in [1.54, 1.807) is 31.4 Å². The number of carbonyl (C=O) groups excluding carboxylic acids is 2. The summed E-state index contributed by atoms with van der Waals surface area (Å²) in [6.07, 6.45) is 2.29. The first-order chi connectivity index (χ1) is 16.9. The number of para-hydroxylation sites is 1. The maximum absolute atomic E-state index is 13.3. The monoisotopic (exact) mass is 481 g/mol. The van der Waals surface area contributed by atoms with Crippen molar-refractivity contribution in [2.24, 2.45) is 0 Å². The van der Waals surface area contributed by atoms with Gasteiger partial charge in [-0.05, 0) is 42.8 Å². The molecule has 2 N–H and O–H groups in total. The van der Waals surface area contributed by atoms with Gasteiger partial charge in [-0.3, -0.25) is 4.79 Å². The van der Waals surface area contributed by atoms with Crippen molar-refractivity contribution in [3.63, 3.8) is 0 Å². The Balaban J connectivity index is 1.34. The number of nitrogens with zero attached hydrogens (tertiary/aromatic N) is 3. The highest BCUT2D eigenvalue weighted by atomic mass is 19.2. The van der Waals surface area contributed by atoms with Gasteiger partial charge in [-0.25, -0.2) is 18.6 Å². The fourth-order valence-electron chi connectivity index (χ4n) is 3.86. The lowest BCUT2D eigenvalue weighted by Gasteiger charge is -2.23. The van der Waals surface area contributed by atoms with Gasteiger partial charge in [0, 0.05) is 37.9 Å². The quantitative estimate of drug-likeness (QED) is 0.565. The number of rotatable bonds is 5. The molecule has 182 valence electrons. The van der Waals surface area contributed by atoms with E-state index in [9.17, 15) is 18.4 Å². The largest absolute Gasteiger partial charge is 0.496 e. The van der Waals surface area contributed by atoms with E-state index in [1.165, 1.54) is 12.3 Å². The first-order valence-corrected chi connectivity index (χ1v) is 11.1. The summed E-state index contributed by atoms with van der Waals surface area (Å²) in [7, 11) is 1.55. The Bertz CT molecular complexity index is 1210. The van der Waals surface area contributed by atoms with Crippen molar-refractivity contribution in [2.75, 3.05) is 48.8 Å². The molecule has 3 amide bonds. The van der Waals surface area contributed by atoms with Gasteiger partial charge in [0.25, 0.3) is 5.91 Å². The van der Waals surface area contributed by atoms with Crippen LogP contribution in [-0.2, 0) is 0 Å². The molecule has 8 nitrogen and oxygen atoms in total. The van der Waals surface area contributed by atoms with E-state index in [-0.39, 0.29) is 11.6 Å². The van der Waals surface area contributed by atoms with Crippen molar-refractivity contribution >= 4 is 29.1 Å². The van der Waals surface area contributed by atoms with Gasteiger partial charge in [-0.2, -0.15) is 0 Å². The summed E-state index contributed by atoms with van der Waals surface area (Å²) in [6, 6.07) is 13.2. The molecule has 35 heavy (non-hydrogen) atoms. The predicted molar refractivity (Wildman–Crippen MR) is 129 cm³/mol. The van der Waals surface area contributed by atoms with Crippen LogP contribution >= 0.6 is 0 Å². The van der Waals surface area contributed by atoms with Crippen molar-refractivity contribution in [2.45, 2.75) is 6.42 Å². The summed E-state index contributed by atoms with van der Waals surface area (Å²) in [5.41, 5.74) is 1.11. The molecule has 1 saturated heterocycles. The second kappa shape index (κ2) is 10.8. The molecule has 1 aliphatic heterocycles. The Labute approximate surface area is 201 Å². The number of carbonyl (C=O) groups is 2. The molecule has 0 radical (unpaired) electrons. The molecule has 10 heteroatoms. The number of pyridine rings is 1. The normalized spacial score (nSPS) is 13.7. The number of amides is 3. The second-order valence-corrected chi connectivity index (χ2v) is 7.95. The van der Waals surface area contributed by atoms with Gasteiger partial charge in [0.15, 0.2) is 11.6 Å². The Morgan fingerprint density at radius 1 is 0.914 bits per heavy atom. The van der Waals surface area contributed by atoms with Crippen LogP contribution in [0.1, 0.15) is 16.8 Å². The maximum atomic E-state index is 13.3. The predicted octanol–water partition coefficient (Wildman–Crippen LogP) is 4.36. The number of aromatic nitrogens is 1. The van der Waals surface area contributed by atoms with Gasteiger partial charge in [0.05, 0.1) is 24.6 Å². The molecule has 1 fully saturated rings. The lowest BCUT2D eigenvalue weighted by Crippen LogP contribution is -2.35. The molecular formula is C25H25F2N5O3. The van der Waals surface area contributed by atoms with Gasteiger partial charge >= 0.3 is 6.03 Å². The molecule has 0 spiro atoms. The molecule has 0 unspecified atom stereocenters. The average molecular weight is 482 g/mol. The minimum absolute atomic E-state index is 0.0659. The Morgan fingerprint density at radius 2 is 1.69 bits per heavy atom. The number of ether oxygens (including phenoxy) is 1. The highest BCUT2D eigenvalue weighted by Gasteiger charge is 2.23. The highest BCUT2D eigenvalue weighted by molar-refractivity contribution is 5.99. The Kier molecular flexibility index (Phi) is 7.39. The van der Waals surface area contributed by atoms with E-state index >= 15 is 0 Å². The summed E-state index contributed by atoms with van der Waals surface area (Å²) in [5.74, 6) is -0.824. The molecule has 4 rings (SSSR count). The molecule has 2 heterocycles. The molecule has 3 aromatic rings. The molecule has 0 atom stereocenters. The Morgan fingerprint density at radius 3 is 2.43 bits per heavy atom. The fourth-order valence-corrected chi connectivity index (χ4v) is 3.86. The summed E-state index contributed by atoms with van der Waals surface area (Å²) in [4.78, 5) is 33.5. The molecule has 0 bridgehead atoms. The van der Waals surface area contributed by atoms with Gasteiger partial charge < -0.3 is 25.2 Å². The van der Waals surface area contributed by atoms with Gasteiger partial charge in [-0.15, -0.1) is 0 Å². The smallest absolute Gasteiger partial charge is 0.323 e. The molecule has 0 saturated carbocycles. The number of benzene rings is 2. The van der Waals surface area contributed by atoms with Crippen LogP contribution in [0.25, 0.3) is 0 Å². The van der Waals surface area contributed by atoms with Gasteiger partial charge in [-0.1, -0.05) is 12.1 Å². The SMILES string of the molecule is COc1ccccc1C(=O)N1CCCN(c2ccc(NC(=O)Nc3ccc(F)c(F)c3)cn2)CC1. The number of anilines is 3. The van der Waals surface area contributed by atoms with Crippen LogP contribution in [0.5, 0.6) is 5.75 Å². The Hall–Kier alpha value is -4.21. The summed E-state index contributed by atoms with van der Waals surface area (Å²) >= 11 is 0. The molecule has 1 aliphatic rings. The van der Waals surface area contributed by atoms with E-state index in [4.69, 9.17) is 4.74 Å². The lowest BCUT2D eigenvalue weighted by molar-refractivity contribution is 0.0763. The lowest BCUT2D eigenvalue weighted by atomic mass is 10.1. The molecule has 0 aliphatic carbocycles. The van der Waals surface area contributed by atoms with E-state index in [1.807, 2.05) is 17.0 Å². The molecule has 1 aromatic heterocycles. The van der Waals surface area contributed by atoms with E-state index in [2.05, 4.69) is 20.5 Å². The van der Waals surface area contributed by atoms with E-state index in [0.29, 0.717) is 36.6 Å². The number of methoxy groups -OCH3 is 1. The van der Waals surface area contributed by atoms with Crippen LogP contribution in [0.3, 0.4) is 0 Å². The second-order valence-electron chi connectivity index (χ2n) is 7.95. The zero-order valence-corrected chi connectivity index (χ0v) is 19.1. The number of hydrogen-bond acceptors (Lipinski definition) is 5. The zero-order chi connectivity index (χ0) is 24.8. The molecule has 2 aromatic carbocycles. The zero-order valence-electron chi connectivity index (χ0n) is 19.1. The van der Waals surface area contributed by atoms with Crippen molar-refractivity contribution in [3.8, 4) is 5.75 Å². The standard InChI is InChI=1S/C25H25F2N5O3/c1-35-22-6-3-2-5-19(22)24(33)32-12-4-11-31(13-14-32)23-10-8-18(16-28-23)30-25(34)29-17-7-9-20(26)21(27)15-17/h2-3,5-10,15-16H,4,11-14H2,1H3,(H2,29,30,34). The van der Waals surface area contributed by atoms with Crippen LogP contribution in [0.2, 0.25) is 0 Å². The van der Waals surface area contributed by atoms with E-state index in [0.717, 1.165) is 30.9 Å². The number of hydrogen-bond donors (Lipinski definition) is 2. The highest BCUT2D eigenvalue weighted by Crippen LogP contribution is 2.22. The first-order valence-electron chi connectivity index (χ1n) is 11.1. The summed E-state index contributed by atoms with van der Waals surface area (Å²) < 4.78 is 31.7. The number of halogens is 2. The van der Waals surface area contributed by atoms with Crippen molar-refractivity contribution in [3.05, 3.63) is 78.0 Å². The number of nitrogens with one attached hydrogen (secondary N) is 2. The van der Waals surface area contributed by atoms with Crippen molar-refractivity contribution in [1.82, 2.24) is 9.88 Å². The van der Waals surface area contributed by atoms with Crippen LogP contribution < -0.4 is 20.3 Å². The summed E-state index contributed by atoms with van der Waals surface area (Å²) in [6.45, 7) is 2.50.